The highest BCUT2D eigenvalue weighted by Crippen LogP contribution is 2.28. The van der Waals surface area contributed by atoms with E-state index in [1.54, 1.807) is 0 Å². The molecule has 0 amide bonds. The van der Waals surface area contributed by atoms with E-state index in [4.69, 9.17) is 5.73 Å². The molecule has 0 aliphatic heterocycles. The average Bonchev–Trinajstić information content (AvgIpc) is 2.47. The van der Waals surface area contributed by atoms with Crippen molar-refractivity contribution in [1.82, 2.24) is 4.98 Å². The SMILES string of the molecule is Cc1cc(NCC2CCC(O)CC2)c2cc(N)ccc2n1. The number of rotatable bonds is 3. The van der Waals surface area contributed by atoms with Crippen LogP contribution in [-0.4, -0.2) is 22.7 Å². The second kappa shape index (κ2) is 5.90. The van der Waals surface area contributed by atoms with Crippen molar-refractivity contribution in [3.8, 4) is 0 Å². The minimum absolute atomic E-state index is 0.0925. The van der Waals surface area contributed by atoms with Gasteiger partial charge < -0.3 is 16.2 Å². The molecule has 1 saturated carbocycles. The maximum absolute atomic E-state index is 9.58. The van der Waals surface area contributed by atoms with Crippen LogP contribution in [0.5, 0.6) is 0 Å². The van der Waals surface area contributed by atoms with Crippen molar-refractivity contribution in [2.24, 2.45) is 5.92 Å². The summed E-state index contributed by atoms with van der Waals surface area (Å²) in [5.41, 5.74) is 9.76. The number of anilines is 2. The van der Waals surface area contributed by atoms with Gasteiger partial charge in [0.1, 0.15) is 0 Å². The number of aliphatic hydroxyl groups is 1. The van der Waals surface area contributed by atoms with Crippen LogP contribution in [0.4, 0.5) is 11.4 Å². The lowest BCUT2D eigenvalue weighted by Crippen LogP contribution is -2.23. The number of pyridine rings is 1. The molecule has 0 spiro atoms. The summed E-state index contributed by atoms with van der Waals surface area (Å²) in [4.78, 5) is 4.55. The van der Waals surface area contributed by atoms with Crippen molar-refractivity contribution in [3.05, 3.63) is 30.0 Å². The summed E-state index contributed by atoms with van der Waals surface area (Å²) >= 11 is 0. The Morgan fingerprint density at radius 3 is 2.76 bits per heavy atom. The van der Waals surface area contributed by atoms with Gasteiger partial charge in [-0.15, -0.1) is 0 Å². The van der Waals surface area contributed by atoms with Gasteiger partial charge in [0, 0.05) is 29.0 Å². The molecule has 4 N–H and O–H groups in total. The number of nitrogens with two attached hydrogens (primary N) is 1. The van der Waals surface area contributed by atoms with Gasteiger partial charge >= 0.3 is 0 Å². The van der Waals surface area contributed by atoms with Crippen LogP contribution in [0, 0.1) is 12.8 Å². The van der Waals surface area contributed by atoms with Crippen LogP contribution in [0.15, 0.2) is 24.3 Å². The van der Waals surface area contributed by atoms with Gasteiger partial charge in [0.15, 0.2) is 0 Å². The maximum atomic E-state index is 9.58. The standard InChI is InChI=1S/C17H23N3O/c1-11-8-17(15-9-13(18)4-7-16(15)20-11)19-10-12-2-5-14(21)6-3-12/h4,7-9,12,14,21H,2-3,5-6,10,18H2,1H3,(H,19,20). The van der Waals surface area contributed by atoms with E-state index in [-0.39, 0.29) is 6.10 Å². The topological polar surface area (TPSA) is 71.2 Å². The molecule has 1 aromatic heterocycles. The zero-order valence-electron chi connectivity index (χ0n) is 12.5. The quantitative estimate of drug-likeness (QED) is 0.758. The van der Waals surface area contributed by atoms with Gasteiger partial charge in [0.25, 0.3) is 0 Å². The van der Waals surface area contributed by atoms with E-state index in [1.165, 1.54) is 0 Å². The molecular formula is C17H23N3O. The van der Waals surface area contributed by atoms with Gasteiger partial charge in [-0.3, -0.25) is 4.98 Å². The van der Waals surface area contributed by atoms with Gasteiger partial charge in [-0.25, -0.2) is 0 Å². The molecule has 0 unspecified atom stereocenters. The number of hydrogen-bond donors (Lipinski definition) is 3. The molecule has 21 heavy (non-hydrogen) atoms. The molecule has 112 valence electrons. The zero-order chi connectivity index (χ0) is 14.8. The Morgan fingerprint density at radius 1 is 1.24 bits per heavy atom. The highest BCUT2D eigenvalue weighted by atomic mass is 16.3. The minimum atomic E-state index is -0.0925. The van der Waals surface area contributed by atoms with E-state index < -0.39 is 0 Å². The molecule has 0 bridgehead atoms. The third-order valence-corrected chi connectivity index (χ3v) is 4.36. The predicted octanol–water partition coefficient (Wildman–Crippen LogP) is 3.09. The lowest BCUT2D eigenvalue weighted by Gasteiger charge is -2.26. The number of aliphatic hydroxyl groups excluding tert-OH is 1. The summed E-state index contributed by atoms with van der Waals surface area (Å²) in [6.45, 7) is 2.96. The Labute approximate surface area is 125 Å². The number of nitrogen functional groups attached to an aromatic ring is 1. The maximum Gasteiger partial charge on any atom is 0.0727 e. The average molecular weight is 285 g/mol. The molecule has 0 radical (unpaired) electrons. The van der Waals surface area contributed by atoms with Gasteiger partial charge in [-0.1, -0.05) is 0 Å². The van der Waals surface area contributed by atoms with Crippen LogP contribution in [0.2, 0.25) is 0 Å². The summed E-state index contributed by atoms with van der Waals surface area (Å²) in [5.74, 6) is 0.637. The monoisotopic (exact) mass is 285 g/mol. The third-order valence-electron chi connectivity index (χ3n) is 4.36. The van der Waals surface area contributed by atoms with Crippen LogP contribution in [0.1, 0.15) is 31.4 Å². The number of aromatic nitrogens is 1. The molecule has 1 aliphatic carbocycles. The Hall–Kier alpha value is -1.81. The van der Waals surface area contributed by atoms with Crippen LogP contribution in [-0.2, 0) is 0 Å². The number of nitrogens with one attached hydrogen (secondary N) is 1. The number of hydrogen-bond acceptors (Lipinski definition) is 4. The lowest BCUT2D eigenvalue weighted by atomic mass is 9.87. The molecule has 1 heterocycles. The van der Waals surface area contributed by atoms with Crippen molar-refractivity contribution < 1.29 is 5.11 Å². The first-order valence-corrected chi connectivity index (χ1v) is 7.70. The molecule has 0 saturated heterocycles. The van der Waals surface area contributed by atoms with E-state index in [0.717, 1.165) is 60.2 Å². The van der Waals surface area contributed by atoms with Crippen LogP contribution >= 0.6 is 0 Å². The minimum Gasteiger partial charge on any atom is -0.399 e. The van der Waals surface area contributed by atoms with Crippen molar-refractivity contribution in [1.29, 1.82) is 0 Å². The smallest absolute Gasteiger partial charge is 0.0727 e. The highest BCUT2D eigenvalue weighted by molar-refractivity contribution is 5.93. The Bertz CT molecular complexity index is 633. The van der Waals surface area contributed by atoms with Crippen molar-refractivity contribution in [3.63, 3.8) is 0 Å². The van der Waals surface area contributed by atoms with Crippen molar-refractivity contribution in [2.45, 2.75) is 38.7 Å². The van der Waals surface area contributed by atoms with Crippen LogP contribution < -0.4 is 11.1 Å². The first-order valence-electron chi connectivity index (χ1n) is 7.70. The van der Waals surface area contributed by atoms with E-state index in [0.29, 0.717) is 5.92 Å². The number of nitrogens with zero attached hydrogens (tertiary/aromatic N) is 1. The molecule has 1 aliphatic rings. The van der Waals surface area contributed by atoms with Gasteiger partial charge in [0.2, 0.25) is 0 Å². The Balaban J connectivity index is 1.78. The Kier molecular flexibility index (Phi) is 3.97. The lowest BCUT2D eigenvalue weighted by molar-refractivity contribution is 0.111. The summed E-state index contributed by atoms with van der Waals surface area (Å²) in [7, 11) is 0. The van der Waals surface area contributed by atoms with Gasteiger partial charge in [-0.05, 0) is 62.8 Å². The van der Waals surface area contributed by atoms with Crippen molar-refractivity contribution >= 4 is 22.3 Å². The van der Waals surface area contributed by atoms with E-state index in [1.807, 2.05) is 25.1 Å². The fraction of sp³-hybridized carbons (Fsp3) is 0.471. The van der Waals surface area contributed by atoms with E-state index in [9.17, 15) is 5.11 Å². The zero-order valence-corrected chi connectivity index (χ0v) is 12.5. The normalized spacial score (nSPS) is 22.4. The van der Waals surface area contributed by atoms with Crippen LogP contribution in [0.3, 0.4) is 0 Å². The molecule has 1 fully saturated rings. The summed E-state index contributed by atoms with van der Waals surface area (Å²) < 4.78 is 0. The summed E-state index contributed by atoms with van der Waals surface area (Å²) in [6, 6.07) is 7.93. The van der Waals surface area contributed by atoms with Crippen LogP contribution in [0.25, 0.3) is 10.9 Å². The molecule has 1 aromatic carbocycles. The second-order valence-corrected chi connectivity index (χ2v) is 6.14. The summed E-state index contributed by atoms with van der Waals surface area (Å²) in [5, 5.41) is 14.2. The van der Waals surface area contributed by atoms with Gasteiger partial charge in [0.05, 0.1) is 11.6 Å². The molecule has 3 rings (SSSR count). The Morgan fingerprint density at radius 2 is 2.00 bits per heavy atom. The first kappa shape index (κ1) is 14.1. The van der Waals surface area contributed by atoms with E-state index in [2.05, 4.69) is 16.4 Å². The van der Waals surface area contributed by atoms with E-state index >= 15 is 0 Å². The number of benzene rings is 1. The van der Waals surface area contributed by atoms with Crippen molar-refractivity contribution in [2.75, 3.05) is 17.6 Å². The fourth-order valence-electron chi connectivity index (χ4n) is 3.13. The van der Waals surface area contributed by atoms with Gasteiger partial charge in [-0.2, -0.15) is 0 Å². The molecular weight excluding hydrogens is 262 g/mol. The fourth-order valence-corrected chi connectivity index (χ4v) is 3.13. The molecule has 0 atom stereocenters. The molecule has 4 nitrogen and oxygen atoms in total. The molecule has 2 aromatic rings. The predicted molar refractivity (Wildman–Crippen MR) is 87.3 cm³/mol. The molecule has 4 heteroatoms. The second-order valence-electron chi connectivity index (χ2n) is 6.14. The first-order chi connectivity index (χ1) is 10.1. The highest BCUT2D eigenvalue weighted by Gasteiger charge is 2.19. The number of aryl methyl sites for hydroxylation is 1. The number of fused-ring (bicyclic) bond motifs is 1. The largest absolute Gasteiger partial charge is 0.399 e. The third kappa shape index (κ3) is 3.27. The summed E-state index contributed by atoms with van der Waals surface area (Å²) in [6.07, 6.45) is 3.95.